The molecule has 2 aromatic rings. The summed E-state index contributed by atoms with van der Waals surface area (Å²) in [6.07, 6.45) is 1.62. The van der Waals surface area contributed by atoms with Crippen molar-refractivity contribution in [1.82, 2.24) is 19.7 Å². The summed E-state index contributed by atoms with van der Waals surface area (Å²) in [5.74, 6) is 0.0782. The highest BCUT2D eigenvalue weighted by molar-refractivity contribution is 8.14. The van der Waals surface area contributed by atoms with Crippen molar-refractivity contribution in [2.24, 2.45) is 4.99 Å². The maximum atomic E-state index is 12.1. The van der Waals surface area contributed by atoms with Gasteiger partial charge < -0.3 is 13.7 Å². The minimum atomic E-state index is -4.13. The van der Waals surface area contributed by atoms with Gasteiger partial charge in [-0.3, -0.25) is 0 Å². The summed E-state index contributed by atoms with van der Waals surface area (Å²) in [7, 11) is -1.39. The highest BCUT2D eigenvalue weighted by atomic mass is 32.2. The van der Waals surface area contributed by atoms with E-state index >= 15 is 0 Å². The van der Waals surface area contributed by atoms with Crippen molar-refractivity contribution in [3.63, 3.8) is 0 Å². The lowest BCUT2D eigenvalue weighted by Crippen LogP contribution is -2.32. The van der Waals surface area contributed by atoms with E-state index in [4.69, 9.17) is 13.7 Å². The van der Waals surface area contributed by atoms with E-state index in [-0.39, 0.29) is 28.9 Å². The number of hydrogen-bond donors (Lipinski definition) is 1. The Hall–Kier alpha value is -2.60. The van der Waals surface area contributed by atoms with Crippen LogP contribution in [0.5, 0.6) is 17.8 Å². The van der Waals surface area contributed by atoms with Crippen LogP contribution < -0.4 is 18.4 Å². The lowest BCUT2D eigenvalue weighted by molar-refractivity contribution is 0.341. The second-order valence-corrected chi connectivity index (χ2v) is 6.26. The summed E-state index contributed by atoms with van der Waals surface area (Å²) in [6, 6.07) is 8.02. The number of nitrogens with zero attached hydrogens (tertiary/aromatic N) is 4. The van der Waals surface area contributed by atoms with Gasteiger partial charge in [-0.15, -0.1) is 4.98 Å². The number of methoxy groups -OCH3 is 2. The van der Waals surface area contributed by atoms with Crippen LogP contribution in [0.1, 0.15) is 0 Å². The number of hydrogen-bond acceptors (Lipinski definition) is 10. The van der Waals surface area contributed by atoms with E-state index in [0.717, 1.165) is 11.8 Å². The fraction of sp³-hybridized carbons (Fsp3) is 0.231. The first-order valence-corrected chi connectivity index (χ1v) is 9.33. The van der Waals surface area contributed by atoms with Gasteiger partial charge in [-0.1, -0.05) is 30.0 Å². The third-order valence-electron chi connectivity index (χ3n) is 2.50. The molecule has 0 amide bonds. The van der Waals surface area contributed by atoms with Crippen molar-refractivity contribution in [3.05, 3.63) is 30.3 Å². The van der Waals surface area contributed by atoms with E-state index < -0.39 is 10.3 Å². The molecule has 1 aromatic heterocycles. The van der Waals surface area contributed by atoms with Gasteiger partial charge in [0.25, 0.3) is 5.95 Å². The second kappa shape index (κ2) is 8.48. The van der Waals surface area contributed by atoms with Gasteiger partial charge in [0, 0.05) is 0 Å². The Morgan fingerprint density at radius 1 is 1.08 bits per heavy atom. The van der Waals surface area contributed by atoms with E-state index in [2.05, 4.69) is 24.7 Å². The Morgan fingerprint density at radius 3 is 2.20 bits per heavy atom. The summed E-state index contributed by atoms with van der Waals surface area (Å²) in [5, 5.41) is -0.00811. The zero-order valence-electron chi connectivity index (χ0n) is 13.5. The van der Waals surface area contributed by atoms with Crippen LogP contribution in [-0.4, -0.2) is 49.0 Å². The molecule has 0 aliphatic carbocycles. The first kappa shape index (κ1) is 18.7. The highest BCUT2D eigenvalue weighted by Gasteiger charge is 2.16. The third kappa shape index (κ3) is 5.76. The van der Waals surface area contributed by atoms with Gasteiger partial charge in [-0.2, -0.15) is 23.4 Å². The lowest BCUT2D eigenvalue weighted by Gasteiger charge is -2.09. The van der Waals surface area contributed by atoms with Gasteiger partial charge in [-0.05, 0) is 18.4 Å². The Labute approximate surface area is 148 Å². The average Bonchev–Trinajstić information content (AvgIpc) is 2.60. The van der Waals surface area contributed by atoms with Crippen molar-refractivity contribution in [1.29, 1.82) is 0 Å². The normalized spacial score (nSPS) is 11.7. The summed E-state index contributed by atoms with van der Waals surface area (Å²) >= 11 is 1.03. The molecular formula is C13H15N5O5S2. The molecule has 0 bridgehead atoms. The minimum absolute atomic E-state index is 0.00811. The largest absolute Gasteiger partial charge is 0.467 e. The van der Waals surface area contributed by atoms with Crippen LogP contribution in [0, 0.1) is 0 Å². The molecule has 0 radical (unpaired) electrons. The lowest BCUT2D eigenvalue weighted by atomic mass is 10.3. The molecule has 12 heteroatoms. The molecule has 25 heavy (non-hydrogen) atoms. The molecule has 0 aliphatic heterocycles. The van der Waals surface area contributed by atoms with E-state index in [1.54, 1.807) is 24.5 Å². The van der Waals surface area contributed by atoms with Crippen molar-refractivity contribution < 1.29 is 22.1 Å². The molecule has 134 valence electrons. The molecule has 0 unspecified atom stereocenters. The average molecular weight is 385 g/mol. The van der Waals surface area contributed by atoms with Crippen LogP contribution in [0.4, 0.5) is 5.95 Å². The molecule has 0 atom stereocenters. The van der Waals surface area contributed by atoms with E-state index in [0.29, 0.717) is 0 Å². The number of nitrogens with one attached hydrogen (secondary N) is 1. The monoisotopic (exact) mass is 385 g/mol. The molecule has 0 saturated heterocycles. The van der Waals surface area contributed by atoms with Crippen LogP contribution in [0.15, 0.2) is 35.3 Å². The van der Waals surface area contributed by atoms with Crippen LogP contribution in [0.2, 0.25) is 0 Å². The van der Waals surface area contributed by atoms with Gasteiger partial charge in [-0.25, -0.2) is 4.72 Å². The maximum Gasteiger partial charge on any atom is 0.409 e. The predicted molar refractivity (Wildman–Crippen MR) is 92.7 cm³/mol. The maximum absolute atomic E-state index is 12.1. The van der Waals surface area contributed by atoms with Crippen LogP contribution in [-0.2, 0) is 10.3 Å². The minimum Gasteiger partial charge on any atom is -0.467 e. The highest BCUT2D eigenvalue weighted by Crippen LogP contribution is 2.16. The number of aliphatic imine (C=N–C) groups is 1. The Bertz CT molecular complexity index is 823. The van der Waals surface area contributed by atoms with Crippen molar-refractivity contribution in [2.45, 2.75) is 0 Å². The number of para-hydroxylation sites is 1. The summed E-state index contributed by atoms with van der Waals surface area (Å²) < 4.78 is 41.1. The molecule has 1 heterocycles. The Balaban J connectivity index is 2.22. The van der Waals surface area contributed by atoms with Crippen LogP contribution in [0.3, 0.4) is 0 Å². The molecule has 2 rings (SSSR count). The van der Waals surface area contributed by atoms with Gasteiger partial charge in [0.2, 0.25) is 0 Å². The number of aromatic nitrogens is 3. The molecule has 1 N–H and O–H groups in total. The SMILES string of the molecule is COc1nc(N=C(NS(=O)(=O)Oc2ccccc2)SC)nc(OC)n1. The van der Waals surface area contributed by atoms with E-state index in [1.165, 1.54) is 26.4 Å². The number of rotatable bonds is 6. The van der Waals surface area contributed by atoms with E-state index in [9.17, 15) is 8.42 Å². The topological polar surface area (TPSA) is 125 Å². The van der Waals surface area contributed by atoms with Gasteiger partial charge >= 0.3 is 22.3 Å². The Morgan fingerprint density at radius 2 is 1.68 bits per heavy atom. The molecule has 10 nitrogen and oxygen atoms in total. The molecule has 0 spiro atoms. The first-order valence-electron chi connectivity index (χ1n) is 6.69. The molecular weight excluding hydrogens is 370 g/mol. The quantitative estimate of drug-likeness (QED) is 0.576. The van der Waals surface area contributed by atoms with Crippen molar-refractivity contribution in [2.75, 3.05) is 20.5 Å². The smallest absolute Gasteiger partial charge is 0.409 e. The Kier molecular flexibility index (Phi) is 6.36. The second-order valence-electron chi connectivity index (χ2n) is 4.18. The number of amidine groups is 1. The summed E-state index contributed by atoms with van der Waals surface area (Å²) in [4.78, 5) is 15.6. The van der Waals surface area contributed by atoms with Crippen molar-refractivity contribution in [3.8, 4) is 17.8 Å². The third-order valence-corrected chi connectivity index (χ3v) is 4.07. The number of ether oxygens (including phenoxy) is 2. The summed E-state index contributed by atoms with van der Waals surface area (Å²) in [6.45, 7) is 0. The number of thioether (sulfide) groups is 1. The van der Waals surface area contributed by atoms with Gasteiger partial charge in [0.05, 0.1) is 14.2 Å². The van der Waals surface area contributed by atoms with Gasteiger partial charge in [0.1, 0.15) is 5.75 Å². The number of benzene rings is 1. The van der Waals surface area contributed by atoms with E-state index in [1.807, 2.05) is 0 Å². The van der Waals surface area contributed by atoms with Gasteiger partial charge in [0.15, 0.2) is 5.17 Å². The summed E-state index contributed by atoms with van der Waals surface area (Å²) in [5.41, 5.74) is 0. The molecule has 0 aliphatic rings. The van der Waals surface area contributed by atoms with Crippen LogP contribution >= 0.6 is 11.8 Å². The molecule has 0 fully saturated rings. The van der Waals surface area contributed by atoms with Crippen molar-refractivity contribution >= 4 is 33.2 Å². The molecule has 0 saturated carbocycles. The first-order chi connectivity index (χ1) is 12.0. The fourth-order valence-corrected chi connectivity index (χ4v) is 2.97. The predicted octanol–water partition coefficient (Wildman–Crippen LogP) is 1.15. The zero-order valence-corrected chi connectivity index (χ0v) is 15.2. The zero-order chi connectivity index (χ0) is 18.3. The standard InChI is InChI=1S/C13H15N5O5S2/c1-21-11-14-10(15-12(17-11)22-2)16-13(24-3)18-25(19,20)23-9-7-5-4-6-8-9/h4-8H,1-3H3,(H,14,15,16,17,18). The van der Waals surface area contributed by atoms with Crippen LogP contribution in [0.25, 0.3) is 0 Å². The molecule has 1 aromatic carbocycles. The fourth-order valence-electron chi connectivity index (χ4n) is 1.49.